The zero-order valence-corrected chi connectivity index (χ0v) is 11.0. The van der Waals surface area contributed by atoms with E-state index in [0.717, 1.165) is 0 Å². The van der Waals surface area contributed by atoms with Gasteiger partial charge in [-0.3, -0.25) is 4.18 Å². The summed E-state index contributed by atoms with van der Waals surface area (Å²) in [6.45, 7) is 5.89. The van der Waals surface area contributed by atoms with Gasteiger partial charge in [-0.2, -0.15) is 8.42 Å². The maximum Gasteiger partial charge on any atom is 0.296 e. The highest BCUT2D eigenvalue weighted by Crippen LogP contribution is 2.17. The number of hydrogen-bond donors (Lipinski definition) is 0. The molecule has 18 heavy (non-hydrogen) atoms. The highest BCUT2D eigenvalue weighted by molar-refractivity contribution is 7.86. The van der Waals surface area contributed by atoms with Gasteiger partial charge in [-0.1, -0.05) is 6.58 Å². The second kappa shape index (κ2) is 7.03. The van der Waals surface area contributed by atoms with Crippen LogP contribution in [0.2, 0.25) is 0 Å². The Hall–Kier alpha value is -1.53. The van der Waals surface area contributed by atoms with Crippen LogP contribution in [0, 0.1) is 0 Å². The molecule has 0 bridgehead atoms. The standard InChI is InChI=1S/C12H16O5S/c1-3-15-9-10-16-11-5-7-12(8-6-11)18(13,14)17-4-2/h3,5-8H,1,4,9-10H2,2H3. The molecule has 0 heterocycles. The third-order valence-electron chi connectivity index (χ3n) is 1.97. The van der Waals surface area contributed by atoms with E-state index >= 15 is 0 Å². The Bertz CT molecular complexity index is 464. The van der Waals surface area contributed by atoms with E-state index in [9.17, 15) is 8.42 Å². The van der Waals surface area contributed by atoms with Crippen LogP contribution in [0.1, 0.15) is 6.92 Å². The molecule has 100 valence electrons. The van der Waals surface area contributed by atoms with Crippen molar-refractivity contribution >= 4 is 10.1 Å². The van der Waals surface area contributed by atoms with E-state index in [1.165, 1.54) is 18.4 Å². The molecule has 0 aliphatic heterocycles. The predicted octanol–water partition coefficient (Wildman–Crippen LogP) is 1.95. The molecule has 0 amide bonds. The average Bonchev–Trinajstić information content (AvgIpc) is 2.35. The van der Waals surface area contributed by atoms with E-state index in [4.69, 9.17) is 9.47 Å². The number of hydrogen-bond acceptors (Lipinski definition) is 5. The topological polar surface area (TPSA) is 61.8 Å². The molecule has 0 N–H and O–H groups in total. The molecule has 5 nitrogen and oxygen atoms in total. The first-order valence-electron chi connectivity index (χ1n) is 5.45. The summed E-state index contributed by atoms with van der Waals surface area (Å²) >= 11 is 0. The van der Waals surface area contributed by atoms with Crippen molar-refractivity contribution in [2.75, 3.05) is 19.8 Å². The van der Waals surface area contributed by atoms with E-state index in [2.05, 4.69) is 10.8 Å². The molecule has 0 aliphatic carbocycles. The van der Waals surface area contributed by atoms with E-state index in [0.29, 0.717) is 19.0 Å². The molecule has 0 atom stereocenters. The molecule has 0 aliphatic rings. The third-order valence-corrected chi connectivity index (χ3v) is 3.37. The molecule has 1 aromatic rings. The van der Waals surface area contributed by atoms with Crippen molar-refractivity contribution in [3.05, 3.63) is 37.1 Å². The van der Waals surface area contributed by atoms with Crippen molar-refractivity contribution < 1.29 is 22.1 Å². The maximum absolute atomic E-state index is 11.5. The first kappa shape index (κ1) is 14.5. The average molecular weight is 272 g/mol. The Morgan fingerprint density at radius 2 is 1.89 bits per heavy atom. The van der Waals surface area contributed by atoms with Gasteiger partial charge in [0, 0.05) is 0 Å². The van der Waals surface area contributed by atoms with Crippen molar-refractivity contribution in [2.24, 2.45) is 0 Å². The van der Waals surface area contributed by atoms with Crippen LogP contribution >= 0.6 is 0 Å². The van der Waals surface area contributed by atoms with Gasteiger partial charge in [-0.05, 0) is 31.2 Å². The van der Waals surface area contributed by atoms with Gasteiger partial charge in [0.05, 0.1) is 17.8 Å². The molecule has 0 unspecified atom stereocenters. The SMILES string of the molecule is C=COCCOc1ccc(S(=O)(=O)OCC)cc1. The number of benzene rings is 1. The van der Waals surface area contributed by atoms with E-state index < -0.39 is 10.1 Å². The first-order chi connectivity index (χ1) is 8.60. The Balaban J connectivity index is 2.60. The second-order valence-electron chi connectivity index (χ2n) is 3.22. The monoisotopic (exact) mass is 272 g/mol. The van der Waals surface area contributed by atoms with Crippen molar-refractivity contribution in [3.63, 3.8) is 0 Å². The summed E-state index contributed by atoms with van der Waals surface area (Å²) in [5.41, 5.74) is 0. The van der Waals surface area contributed by atoms with E-state index in [1.54, 1.807) is 19.1 Å². The Morgan fingerprint density at radius 1 is 1.22 bits per heavy atom. The van der Waals surface area contributed by atoms with Crippen molar-refractivity contribution in [2.45, 2.75) is 11.8 Å². The second-order valence-corrected chi connectivity index (χ2v) is 4.83. The molecule has 1 aromatic carbocycles. The number of rotatable bonds is 8. The fourth-order valence-electron chi connectivity index (χ4n) is 1.22. The summed E-state index contributed by atoms with van der Waals surface area (Å²) < 4.78 is 38.0. The molecule has 0 saturated heterocycles. The minimum absolute atomic E-state index is 0.110. The normalized spacial score (nSPS) is 10.9. The van der Waals surface area contributed by atoms with Crippen LogP contribution in [0.3, 0.4) is 0 Å². The largest absolute Gasteiger partial charge is 0.498 e. The molecule has 0 radical (unpaired) electrons. The van der Waals surface area contributed by atoms with Gasteiger partial charge >= 0.3 is 0 Å². The molecule has 0 aromatic heterocycles. The zero-order chi connectivity index (χ0) is 13.4. The molecule has 0 saturated carbocycles. The van der Waals surface area contributed by atoms with E-state index in [-0.39, 0.29) is 11.5 Å². The Morgan fingerprint density at radius 3 is 2.44 bits per heavy atom. The highest BCUT2D eigenvalue weighted by Gasteiger charge is 2.13. The molecule has 6 heteroatoms. The van der Waals surface area contributed by atoms with Crippen LogP contribution in [0.15, 0.2) is 42.0 Å². The van der Waals surface area contributed by atoms with Gasteiger partial charge in [0.2, 0.25) is 0 Å². The minimum atomic E-state index is -3.65. The quantitative estimate of drug-likeness (QED) is 0.411. The number of ether oxygens (including phenoxy) is 2. The van der Waals surface area contributed by atoms with E-state index in [1.807, 2.05) is 0 Å². The highest BCUT2D eigenvalue weighted by atomic mass is 32.2. The zero-order valence-electron chi connectivity index (χ0n) is 10.2. The lowest BCUT2D eigenvalue weighted by atomic mass is 10.3. The van der Waals surface area contributed by atoms with Crippen LogP contribution in [0.25, 0.3) is 0 Å². The van der Waals surface area contributed by atoms with Gasteiger partial charge in [0.25, 0.3) is 10.1 Å². The van der Waals surface area contributed by atoms with Crippen molar-refractivity contribution in [1.29, 1.82) is 0 Å². The maximum atomic E-state index is 11.5. The van der Waals surface area contributed by atoms with Crippen molar-refractivity contribution in [1.82, 2.24) is 0 Å². The van der Waals surface area contributed by atoms with Crippen LogP contribution in [-0.4, -0.2) is 28.2 Å². The lowest BCUT2D eigenvalue weighted by Gasteiger charge is -2.07. The summed E-state index contributed by atoms with van der Waals surface area (Å²) in [5.74, 6) is 0.568. The fourth-order valence-corrected chi connectivity index (χ4v) is 2.13. The van der Waals surface area contributed by atoms with Gasteiger partial charge < -0.3 is 9.47 Å². The van der Waals surface area contributed by atoms with Crippen LogP contribution in [-0.2, 0) is 19.0 Å². The molecule has 0 fully saturated rings. The van der Waals surface area contributed by atoms with Crippen LogP contribution in [0.5, 0.6) is 5.75 Å². The summed E-state index contributed by atoms with van der Waals surface area (Å²) in [4.78, 5) is 0.110. The lowest BCUT2D eigenvalue weighted by Crippen LogP contribution is -2.06. The molecular formula is C12H16O5S. The lowest BCUT2D eigenvalue weighted by molar-refractivity contribution is 0.179. The van der Waals surface area contributed by atoms with Gasteiger partial charge in [-0.15, -0.1) is 0 Å². The van der Waals surface area contributed by atoms with Gasteiger partial charge in [0.1, 0.15) is 19.0 Å². The molecule has 0 spiro atoms. The van der Waals surface area contributed by atoms with Crippen LogP contribution < -0.4 is 4.74 Å². The molecule has 1 rings (SSSR count). The third kappa shape index (κ3) is 4.38. The smallest absolute Gasteiger partial charge is 0.296 e. The van der Waals surface area contributed by atoms with Crippen molar-refractivity contribution in [3.8, 4) is 5.75 Å². The predicted molar refractivity (Wildman–Crippen MR) is 66.9 cm³/mol. The van der Waals surface area contributed by atoms with Crippen LogP contribution in [0.4, 0.5) is 0 Å². The molecular weight excluding hydrogens is 256 g/mol. The Kier molecular flexibility index (Phi) is 5.67. The van der Waals surface area contributed by atoms with Gasteiger partial charge in [-0.25, -0.2) is 0 Å². The summed E-state index contributed by atoms with van der Waals surface area (Å²) in [5, 5.41) is 0. The van der Waals surface area contributed by atoms with Gasteiger partial charge in [0.15, 0.2) is 0 Å². The fraction of sp³-hybridized carbons (Fsp3) is 0.333. The Labute approximate surface area is 107 Å². The summed E-state index contributed by atoms with van der Waals surface area (Å²) in [6.07, 6.45) is 1.33. The summed E-state index contributed by atoms with van der Waals surface area (Å²) in [6, 6.07) is 6.02. The first-order valence-corrected chi connectivity index (χ1v) is 6.85. The summed E-state index contributed by atoms with van der Waals surface area (Å²) in [7, 11) is -3.65. The minimum Gasteiger partial charge on any atom is -0.498 e.